The second-order valence-electron chi connectivity index (χ2n) is 5.42. The summed E-state index contributed by atoms with van der Waals surface area (Å²) in [6.45, 7) is 3.76. The third kappa shape index (κ3) is 4.87. The number of halogens is 2. The van der Waals surface area contributed by atoms with Gasteiger partial charge in [-0.3, -0.25) is 4.79 Å². The molecule has 2 rings (SSSR count). The fourth-order valence-corrected chi connectivity index (χ4v) is 3.00. The molecule has 1 fully saturated rings. The molecular formula is C15H20BrClN2O2. The topological polar surface area (TPSA) is 41.6 Å². The molecule has 1 heterocycles. The number of piperidine rings is 1. The Morgan fingerprint density at radius 1 is 1.48 bits per heavy atom. The third-order valence-electron chi connectivity index (χ3n) is 3.63. The molecule has 0 bridgehead atoms. The smallest absolute Gasteiger partial charge is 0.260 e. The summed E-state index contributed by atoms with van der Waals surface area (Å²) in [6.07, 6.45) is 1.39. The van der Waals surface area contributed by atoms with Gasteiger partial charge in [-0.1, -0.05) is 27.5 Å². The van der Waals surface area contributed by atoms with Crippen LogP contribution < -0.4 is 10.1 Å². The predicted octanol–water partition coefficient (Wildman–Crippen LogP) is 3.08. The number of benzene rings is 1. The molecule has 1 saturated heterocycles. The van der Waals surface area contributed by atoms with Crippen molar-refractivity contribution in [3.8, 4) is 5.75 Å². The van der Waals surface area contributed by atoms with Crippen molar-refractivity contribution in [1.82, 2.24) is 10.2 Å². The first-order valence-electron chi connectivity index (χ1n) is 7.06. The molecule has 6 heteroatoms. The fourth-order valence-electron chi connectivity index (χ4n) is 2.29. The van der Waals surface area contributed by atoms with Crippen LogP contribution in [0.2, 0.25) is 5.02 Å². The molecule has 0 saturated carbocycles. The van der Waals surface area contributed by atoms with Gasteiger partial charge in [0.2, 0.25) is 0 Å². The molecule has 0 unspecified atom stereocenters. The molecule has 21 heavy (non-hydrogen) atoms. The van der Waals surface area contributed by atoms with E-state index in [0.29, 0.717) is 10.8 Å². The molecule has 0 aromatic heterocycles. The summed E-state index contributed by atoms with van der Waals surface area (Å²) in [4.78, 5) is 14.4. The van der Waals surface area contributed by atoms with Crippen molar-refractivity contribution < 1.29 is 9.53 Å². The first-order valence-corrected chi connectivity index (χ1v) is 8.23. The van der Waals surface area contributed by atoms with Crippen LogP contribution in [0.3, 0.4) is 0 Å². The quantitative estimate of drug-likeness (QED) is 0.879. The molecule has 4 nitrogen and oxygen atoms in total. The third-order valence-corrected chi connectivity index (χ3v) is 4.42. The van der Waals surface area contributed by atoms with E-state index in [2.05, 4.69) is 33.2 Å². The minimum Gasteiger partial charge on any atom is -0.479 e. The lowest BCUT2D eigenvalue weighted by molar-refractivity contribution is -0.128. The van der Waals surface area contributed by atoms with Crippen LogP contribution in [0, 0.1) is 0 Å². The minimum atomic E-state index is -0.566. The summed E-state index contributed by atoms with van der Waals surface area (Å²) in [5, 5.41) is 3.54. The van der Waals surface area contributed by atoms with E-state index in [0.717, 1.165) is 30.4 Å². The first kappa shape index (κ1) is 16.6. The molecule has 116 valence electrons. The maximum atomic E-state index is 12.2. The number of ether oxygens (including phenoxy) is 1. The standard InChI is InChI=1S/C15H20BrClN2O2/c1-10(21-14-4-3-11(16)9-13(14)17)15(20)18-12-5-7-19(2)8-6-12/h3-4,9-10,12H,5-8H2,1-2H3,(H,18,20)/t10-/m0/s1. The summed E-state index contributed by atoms with van der Waals surface area (Å²) in [7, 11) is 2.10. The average Bonchev–Trinajstić information content (AvgIpc) is 2.44. The number of carbonyl (C=O) groups excluding carboxylic acids is 1. The van der Waals surface area contributed by atoms with Crippen LogP contribution >= 0.6 is 27.5 Å². The number of hydrogen-bond acceptors (Lipinski definition) is 3. The summed E-state index contributed by atoms with van der Waals surface area (Å²) in [5.74, 6) is 0.425. The number of nitrogens with zero attached hydrogens (tertiary/aromatic N) is 1. The number of carbonyl (C=O) groups is 1. The van der Waals surface area contributed by atoms with Gasteiger partial charge in [0.15, 0.2) is 6.10 Å². The van der Waals surface area contributed by atoms with Crippen LogP contribution in [0.1, 0.15) is 19.8 Å². The lowest BCUT2D eigenvalue weighted by Gasteiger charge is -2.30. The van der Waals surface area contributed by atoms with Crippen molar-refractivity contribution >= 4 is 33.4 Å². The first-order chi connectivity index (χ1) is 9.95. The van der Waals surface area contributed by atoms with Crippen LogP contribution in [0.5, 0.6) is 5.75 Å². The SMILES string of the molecule is C[C@H](Oc1ccc(Br)cc1Cl)C(=O)NC1CCN(C)CC1. The van der Waals surface area contributed by atoms with Gasteiger partial charge < -0.3 is 15.0 Å². The Labute approximate surface area is 138 Å². The van der Waals surface area contributed by atoms with Gasteiger partial charge in [-0.05, 0) is 58.1 Å². The maximum absolute atomic E-state index is 12.2. The molecule has 1 amide bonds. The molecule has 1 atom stereocenters. The van der Waals surface area contributed by atoms with Crippen molar-refractivity contribution in [2.75, 3.05) is 20.1 Å². The number of likely N-dealkylation sites (tertiary alicyclic amines) is 1. The molecule has 1 aromatic carbocycles. The normalized spacial score (nSPS) is 18.3. The van der Waals surface area contributed by atoms with Crippen LogP contribution in [-0.2, 0) is 4.79 Å². The molecule has 0 radical (unpaired) electrons. The lowest BCUT2D eigenvalue weighted by Crippen LogP contribution is -2.47. The van der Waals surface area contributed by atoms with Gasteiger partial charge in [-0.2, -0.15) is 0 Å². The highest BCUT2D eigenvalue weighted by Crippen LogP contribution is 2.28. The Kier molecular flexibility index (Phi) is 5.90. The Balaban J connectivity index is 1.87. The summed E-state index contributed by atoms with van der Waals surface area (Å²) in [6, 6.07) is 5.58. The van der Waals surface area contributed by atoms with Crippen molar-refractivity contribution in [3.63, 3.8) is 0 Å². The van der Waals surface area contributed by atoms with Crippen LogP contribution in [-0.4, -0.2) is 43.1 Å². The van der Waals surface area contributed by atoms with Crippen molar-refractivity contribution in [2.45, 2.75) is 31.9 Å². The van der Waals surface area contributed by atoms with Gasteiger partial charge >= 0.3 is 0 Å². The number of nitrogens with one attached hydrogen (secondary N) is 1. The maximum Gasteiger partial charge on any atom is 0.260 e. The molecule has 0 aliphatic carbocycles. The zero-order valence-corrected chi connectivity index (χ0v) is 14.6. The van der Waals surface area contributed by atoms with Crippen LogP contribution in [0.25, 0.3) is 0 Å². The number of hydrogen-bond donors (Lipinski definition) is 1. The summed E-state index contributed by atoms with van der Waals surface area (Å²) in [5.41, 5.74) is 0. The fraction of sp³-hybridized carbons (Fsp3) is 0.533. The Morgan fingerprint density at radius 3 is 2.76 bits per heavy atom. The molecule has 1 aliphatic heterocycles. The van der Waals surface area contributed by atoms with Gasteiger partial charge in [0.05, 0.1) is 5.02 Å². The average molecular weight is 376 g/mol. The van der Waals surface area contributed by atoms with Crippen LogP contribution in [0.15, 0.2) is 22.7 Å². The highest BCUT2D eigenvalue weighted by Gasteiger charge is 2.22. The minimum absolute atomic E-state index is 0.0939. The predicted molar refractivity (Wildman–Crippen MR) is 87.9 cm³/mol. The van der Waals surface area contributed by atoms with E-state index >= 15 is 0 Å². The monoisotopic (exact) mass is 374 g/mol. The summed E-state index contributed by atoms with van der Waals surface area (Å²) < 4.78 is 6.53. The second kappa shape index (κ2) is 7.47. The van der Waals surface area contributed by atoms with Gasteiger partial charge in [-0.25, -0.2) is 0 Å². The van der Waals surface area contributed by atoms with E-state index in [1.54, 1.807) is 19.1 Å². The van der Waals surface area contributed by atoms with Crippen molar-refractivity contribution in [1.29, 1.82) is 0 Å². The van der Waals surface area contributed by atoms with E-state index in [9.17, 15) is 4.79 Å². The second-order valence-corrected chi connectivity index (χ2v) is 6.74. The van der Waals surface area contributed by atoms with Crippen molar-refractivity contribution in [3.05, 3.63) is 27.7 Å². The molecule has 0 spiro atoms. The Hall–Kier alpha value is -0.780. The van der Waals surface area contributed by atoms with E-state index in [1.807, 2.05) is 6.07 Å². The zero-order valence-electron chi connectivity index (χ0n) is 12.2. The van der Waals surface area contributed by atoms with Gasteiger partial charge in [0.1, 0.15) is 5.75 Å². The lowest BCUT2D eigenvalue weighted by atomic mass is 10.1. The van der Waals surface area contributed by atoms with E-state index in [4.69, 9.17) is 16.3 Å². The van der Waals surface area contributed by atoms with Gasteiger partial charge in [0.25, 0.3) is 5.91 Å². The number of amides is 1. The van der Waals surface area contributed by atoms with Crippen molar-refractivity contribution in [2.24, 2.45) is 0 Å². The molecule has 1 aromatic rings. The highest BCUT2D eigenvalue weighted by molar-refractivity contribution is 9.10. The Bertz CT molecular complexity index is 504. The van der Waals surface area contributed by atoms with E-state index < -0.39 is 6.10 Å². The van der Waals surface area contributed by atoms with Gasteiger partial charge in [0, 0.05) is 10.5 Å². The van der Waals surface area contributed by atoms with Crippen LogP contribution in [0.4, 0.5) is 0 Å². The molecular weight excluding hydrogens is 356 g/mol. The number of rotatable bonds is 4. The zero-order chi connectivity index (χ0) is 15.4. The van der Waals surface area contributed by atoms with E-state index in [1.165, 1.54) is 0 Å². The van der Waals surface area contributed by atoms with Gasteiger partial charge in [-0.15, -0.1) is 0 Å². The summed E-state index contributed by atoms with van der Waals surface area (Å²) >= 11 is 9.43. The highest BCUT2D eigenvalue weighted by atomic mass is 79.9. The Morgan fingerprint density at radius 2 is 2.14 bits per heavy atom. The molecule has 1 aliphatic rings. The van der Waals surface area contributed by atoms with E-state index in [-0.39, 0.29) is 11.9 Å². The largest absolute Gasteiger partial charge is 0.479 e. The molecule has 1 N–H and O–H groups in total.